The van der Waals surface area contributed by atoms with E-state index in [1.165, 1.54) is 5.56 Å². The second-order valence-electron chi connectivity index (χ2n) is 7.93. The van der Waals surface area contributed by atoms with Crippen LogP contribution in [0.5, 0.6) is 5.75 Å². The van der Waals surface area contributed by atoms with Gasteiger partial charge in [-0.2, -0.15) is 0 Å². The van der Waals surface area contributed by atoms with E-state index in [1.54, 1.807) is 43.5 Å². The molecule has 0 fully saturated rings. The highest BCUT2D eigenvalue weighted by Crippen LogP contribution is 2.24. The van der Waals surface area contributed by atoms with E-state index in [9.17, 15) is 9.59 Å². The lowest BCUT2D eigenvalue weighted by molar-refractivity contribution is -0.117. The van der Waals surface area contributed by atoms with Crippen LogP contribution in [0.25, 0.3) is 0 Å². The van der Waals surface area contributed by atoms with Crippen molar-refractivity contribution in [1.82, 2.24) is 5.32 Å². The summed E-state index contributed by atoms with van der Waals surface area (Å²) >= 11 is 0. The number of anilines is 2. The largest absolute Gasteiger partial charge is 0.495 e. The van der Waals surface area contributed by atoms with Crippen molar-refractivity contribution in [3.05, 3.63) is 89.5 Å². The quantitative estimate of drug-likeness (QED) is 0.424. The van der Waals surface area contributed by atoms with Gasteiger partial charge in [0.2, 0.25) is 5.91 Å². The summed E-state index contributed by atoms with van der Waals surface area (Å²) < 4.78 is 5.27. The summed E-state index contributed by atoms with van der Waals surface area (Å²) in [6, 6.07) is 22.1. The first-order valence-corrected chi connectivity index (χ1v) is 11.1. The van der Waals surface area contributed by atoms with Gasteiger partial charge in [0.15, 0.2) is 0 Å². The first-order valence-electron chi connectivity index (χ1n) is 11.1. The van der Waals surface area contributed by atoms with E-state index in [2.05, 4.69) is 47.1 Å². The lowest BCUT2D eigenvalue weighted by Gasteiger charge is -2.20. The Morgan fingerprint density at radius 2 is 1.55 bits per heavy atom. The number of nitrogens with one attached hydrogen (secondary N) is 3. The van der Waals surface area contributed by atoms with Gasteiger partial charge in [-0.3, -0.25) is 14.9 Å². The normalized spacial score (nSPS) is 12.5. The van der Waals surface area contributed by atoms with Crippen molar-refractivity contribution < 1.29 is 14.3 Å². The first kappa shape index (κ1) is 24.0. The molecule has 0 bridgehead atoms. The molecular formula is C27H31N3O3. The predicted molar refractivity (Wildman–Crippen MR) is 133 cm³/mol. The second-order valence-corrected chi connectivity index (χ2v) is 7.93. The summed E-state index contributed by atoms with van der Waals surface area (Å²) in [5, 5.41) is 9.07. The van der Waals surface area contributed by atoms with Crippen LogP contribution in [0.2, 0.25) is 0 Å². The SMILES string of the molecule is CCc1ccc([C@@H](C)N[C@@H](C)C(=O)Nc2ccc(C(=O)Nc3ccccc3OC)cc2)cc1. The lowest BCUT2D eigenvalue weighted by atomic mass is 10.0. The monoisotopic (exact) mass is 445 g/mol. The molecule has 6 heteroatoms. The molecule has 0 saturated heterocycles. The van der Waals surface area contributed by atoms with E-state index in [0.29, 0.717) is 22.7 Å². The zero-order valence-electron chi connectivity index (χ0n) is 19.5. The van der Waals surface area contributed by atoms with Gasteiger partial charge in [-0.25, -0.2) is 0 Å². The molecule has 172 valence electrons. The minimum Gasteiger partial charge on any atom is -0.495 e. The number of rotatable bonds is 9. The van der Waals surface area contributed by atoms with E-state index in [-0.39, 0.29) is 23.9 Å². The number of carbonyl (C=O) groups excluding carboxylic acids is 2. The van der Waals surface area contributed by atoms with Crippen LogP contribution in [-0.2, 0) is 11.2 Å². The van der Waals surface area contributed by atoms with Crippen molar-refractivity contribution >= 4 is 23.2 Å². The third kappa shape index (κ3) is 6.43. The lowest BCUT2D eigenvalue weighted by Crippen LogP contribution is -2.39. The smallest absolute Gasteiger partial charge is 0.255 e. The number of aryl methyl sites for hydroxylation is 1. The standard InChI is InChI=1S/C27H31N3O3/c1-5-20-10-12-21(13-11-20)18(2)28-19(3)26(31)29-23-16-14-22(15-17-23)27(32)30-24-8-6-7-9-25(24)33-4/h6-19,28H,5H2,1-4H3,(H,29,31)(H,30,32)/t18-,19+/m1/s1. The summed E-state index contributed by atoms with van der Waals surface area (Å²) in [5.74, 6) is 0.195. The second kappa shape index (κ2) is 11.3. The number of para-hydroxylation sites is 2. The van der Waals surface area contributed by atoms with Crippen molar-refractivity contribution in [3.8, 4) is 5.75 Å². The fraction of sp³-hybridized carbons (Fsp3) is 0.259. The summed E-state index contributed by atoms with van der Waals surface area (Å²) in [7, 11) is 1.56. The Morgan fingerprint density at radius 3 is 2.18 bits per heavy atom. The molecule has 0 radical (unpaired) electrons. The Kier molecular flexibility index (Phi) is 8.22. The molecule has 0 aliphatic carbocycles. The Labute approximate surface area is 195 Å². The van der Waals surface area contributed by atoms with Crippen LogP contribution in [0.15, 0.2) is 72.8 Å². The maximum Gasteiger partial charge on any atom is 0.255 e. The molecule has 2 amide bonds. The van der Waals surface area contributed by atoms with Crippen LogP contribution in [-0.4, -0.2) is 25.0 Å². The first-order chi connectivity index (χ1) is 15.9. The summed E-state index contributed by atoms with van der Waals surface area (Å²) in [6.45, 7) is 6.00. The Morgan fingerprint density at radius 1 is 0.879 bits per heavy atom. The van der Waals surface area contributed by atoms with Crippen molar-refractivity contribution in [1.29, 1.82) is 0 Å². The van der Waals surface area contributed by atoms with Gasteiger partial charge in [-0.15, -0.1) is 0 Å². The number of amides is 2. The van der Waals surface area contributed by atoms with Gasteiger partial charge in [0, 0.05) is 17.3 Å². The minimum absolute atomic E-state index is 0.0395. The number of benzene rings is 3. The Bertz CT molecular complexity index is 1080. The summed E-state index contributed by atoms with van der Waals surface area (Å²) in [4.78, 5) is 25.2. The number of methoxy groups -OCH3 is 1. The molecule has 0 unspecified atom stereocenters. The van der Waals surface area contributed by atoms with Crippen LogP contribution >= 0.6 is 0 Å². The van der Waals surface area contributed by atoms with E-state index in [1.807, 2.05) is 26.0 Å². The van der Waals surface area contributed by atoms with Crippen LogP contribution in [0, 0.1) is 0 Å². The maximum atomic E-state index is 12.6. The highest BCUT2D eigenvalue weighted by Gasteiger charge is 2.17. The molecule has 3 rings (SSSR count). The van der Waals surface area contributed by atoms with E-state index >= 15 is 0 Å². The van der Waals surface area contributed by atoms with Crippen LogP contribution in [0.4, 0.5) is 11.4 Å². The van der Waals surface area contributed by atoms with Gasteiger partial charge in [0.1, 0.15) is 5.75 Å². The van der Waals surface area contributed by atoms with Crippen LogP contribution < -0.4 is 20.7 Å². The Hall–Kier alpha value is -3.64. The Balaban J connectivity index is 1.55. The third-order valence-corrected chi connectivity index (χ3v) is 5.55. The van der Waals surface area contributed by atoms with Crippen LogP contribution in [0.3, 0.4) is 0 Å². The van der Waals surface area contributed by atoms with Crippen molar-refractivity contribution in [2.24, 2.45) is 0 Å². The summed E-state index contributed by atoms with van der Waals surface area (Å²) in [6.07, 6.45) is 1.00. The fourth-order valence-corrected chi connectivity index (χ4v) is 3.49. The molecule has 0 aliphatic rings. The predicted octanol–water partition coefficient (Wildman–Crippen LogP) is 5.19. The topological polar surface area (TPSA) is 79.5 Å². The van der Waals surface area contributed by atoms with Gasteiger partial charge in [0.25, 0.3) is 5.91 Å². The van der Waals surface area contributed by atoms with E-state index in [0.717, 1.165) is 12.0 Å². The van der Waals surface area contributed by atoms with Gasteiger partial charge in [0.05, 0.1) is 18.8 Å². The molecule has 2 atom stereocenters. The molecular weight excluding hydrogens is 414 g/mol. The molecule has 0 spiro atoms. The number of carbonyl (C=O) groups is 2. The zero-order chi connectivity index (χ0) is 23.8. The average Bonchev–Trinajstić information content (AvgIpc) is 2.84. The van der Waals surface area contributed by atoms with Crippen LogP contribution in [0.1, 0.15) is 48.3 Å². The van der Waals surface area contributed by atoms with Gasteiger partial charge < -0.3 is 15.4 Å². The molecule has 3 aromatic rings. The fourth-order valence-electron chi connectivity index (χ4n) is 3.49. The molecule has 33 heavy (non-hydrogen) atoms. The molecule has 0 aromatic heterocycles. The molecule has 6 nitrogen and oxygen atoms in total. The van der Waals surface area contributed by atoms with Gasteiger partial charge in [-0.1, -0.05) is 43.3 Å². The molecule has 3 N–H and O–H groups in total. The average molecular weight is 446 g/mol. The van der Waals surface area contributed by atoms with E-state index in [4.69, 9.17) is 4.74 Å². The van der Waals surface area contributed by atoms with E-state index < -0.39 is 0 Å². The van der Waals surface area contributed by atoms with Gasteiger partial charge >= 0.3 is 0 Å². The number of ether oxygens (including phenoxy) is 1. The third-order valence-electron chi connectivity index (χ3n) is 5.55. The van der Waals surface area contributed by atoms with Crippen molar-refractivity contribution in [2.75, 3.05) is 17.7 Å². The molecule has 0 aliphatic heterocycles. The highest BCUT2D eigenvalue weighted by molar-refractivity contribution is 6.05. The molecule has 0 heterocycles. The molecule has 0 saturated carbocycles. The van der Waals surface area contributed by atoms with Crippen molar-refractivity contribution in [3.63, 3.8) is 0 Å². The number of hydrogen-bond donors (Lipinski definition) is 3. The van der Waals surface area contributed by atoms with Crippen molar-refractivity contribution in [2.45, 2.75) is 39.3 Å². The zero-order valence-corrected chi connectivity index (χ0v) is 19.5. The minimum atomic E-state index is -0.389. The summed E-state index contributed by atoms with van der Waals surface area (Å²) in [5.41, 5.74) is 4.13. The molecule has 3 aromatic carbocycles. The maximum absolute atomic E-state index is 12.6. The van der Waals surface area contributed by atoms with Gasteiger partial charge in [-0.05, 0) is 67.8 Å². The number of hydrogen-bond acceptors (Lipinski definition) is 4. The highest BCUT2D eigenvalue weighted by atomic mass is 16.5.